The molecule has 0 radical (unpaired) electrons. The van der Waals surface area contributed by atoms with Crippen molar-refractivity contribution in [1.29, 1.82) is 0 Å². The molecule has 154 valence electrons. The van der Waals surface area contributed by atoms with E-state index in [1.807, 2.05) is 47.4 Å². The number of amides is 1. The van der Waals surface area contributed by atoms with Crippen LogP contribution in [0, 0.1) is 5.82 Å². The van der Waals surface area contributed by atoms with E-state index in [1.54, 1.807) is 12.1 Å². The number of hydrazone groups is 1. The maximum absolute atomic E-state index is 14.4. The molecule has 3 aromatic rings. The van der Waals surface area contributed by atoms with E-state index in [2.05, 4.69) is 10.5 Å². The van der Waals surface area contributed by atoms with Crippen LogP contribution >= 0.6 is 0 Å². The van der Waals surface area contributed by atoms with Gasteiger partial charge in [-0.3, -0.25) is 4.79 Å². The lowest BCUT2D eigenvalue weighted by Gasteiger charge is -2.29. The van der Waals surface area contributed by atoms with Crippen LogP contribution < -0.4 is 15.1 Å². The minimum Gasteiger partial charge on any atom is -0.483 e. The summed E-state index contributed by atoms with van der Waals surface area (Å²) in [6.07, 6.45) is 1.40. The fourth-order valence-corrected chi connectivity index (χ4v) is 3.34. The van der Waals surface area contributed by atoms with Gasteiger partial charge in [0.15, 0.2) is 6.61 Å². The second-order valence-corrected chi connectivity index (χ2v) is 6.87. The highest BCUT2D eigenvalue weighted by atomic mass is 19.1. The minimum absolute atomic E-state index is 0.171. The van der Waals surface area contributed by atoms with Crippen LogP contribution in [0.5, 0.6) is 5.75 Å². The molecule has 30 heavy (non-hydrogen) atoms. The van der Waals surface area contributed by atoms with E-state index in [1.165, 1.54) is 12.3 Å². The first-order chi connectivity index (χ1) is 14.7. The zero-order valence-corrected chi connectivity index (χ0v) is 16.4. The van der Waals surface area contributed by atoms with Crippen LogP contribution in [0.15, 0.2) is 65.8 Å². The monoisotopic (exact) mass is 407 g/mol. The number of fused-ring (bicyclic) bond motifs is 1. The largest absolute Gasteiger partial charge is 0.483 e. The summed E-state index contributed by atoms with van der Waals surface area (Å²) in [6, 6.07) is 18.3. The SMILES string of the molecule is O=C(COc1cccc2ccccc12)N/N=C/c1ccc(N2CCOCC2)c(F)c1. The van der Waals surface area contributed by atoms with Gasteiger partial charge < -0.3 is 14.4 Å². The number of carbonyl (C=O) groups is 1. The van der Waals surface area contributed by atoms with E-state index >= 15 is 0 Å². The van der Waals surface area contributed by atoms with Crippen LogP contribution in [0.3, 0.4) is 0 Å². The first-order valence-corrected chi connectivity index (χ1v) is 9.75. The third kappa shape index (κ3) is 4.75. The Morgan fingerprint density at radius 2 is 1.93 bits per heavy atom. The van der Waals surface area contributed by atoms with Gasteiger partial charge >= 0.3 is 0 Å². The Morgan fingerprint density at radius 1 is 1.13 bits per heavy atom. The summed E-state index contributed by atoms with van der Waals surface area (Å²) >= 11 is 0. The van der Waals surface area contributed by atoms with Gasteiger partial charge in [0.1, 0.15) is 11.6 Å². The highest BCUT2D eigenvalue weighted by Crippen LogP contribution is 2.25. The highest BCUT2D eigenvalue weighted by molar-refractivity contribution is 5.89. The van der Waals surface area contributed by atoms with Crippen LogP contribution in [-0.4, -0.2) is 45.0 Å². The topological polar surface area (TPSA) is 63.2 Å². The highest BCUT2D eigenvalue weighted by Gasteiger charge is 2.15. The summed E-state index contributed by atoms with van der Waals surface area (Å²) in [5, 5.41) is 5.87. The molecule has 0 aliphatic carbocycles. The molecule has 6 nitrogen and oxygen atoms in total. The van der Waals surface area contributed by atoms with Crippen LogP contribution in [0.4, 0.5) is 10.1 Å². The lowest BCUT2D eigenvalue weighted by atomic mass is 10.1. The van der Waals surface area contributed by atoms with Gasteiger partial charge in [-0.15, -0.1) is 0 Å². The van der Waals surface area contributed by atoms with Gasteiger partial charge in [-0.2, -0.15) is 5.10 Å². The average molecular weight is 407 g/mol. The molecule has 1 aliphatic heterocycles. The fourth-order valence-electron chi connectivity index (χ4n) is 3.34. The number of nitrogens with zero attached hydrogens (tertiary/aromatic N) is 2. The van der Waals surface area contributed by atoms with E-state index in [4.69, 9.17) is 9.47 Å². The summed E-state index contributed by atoms with van der Waals surface area (Å²) in [7, 11) is 0. The van der Waals surface area contributed by atoms with Crippen molar-refractivity contribution in [3.8, 4) is 5.75 Å². The summed E-state index contributed by atoms with van der Waals surface area (Å²) in [4.78, 5) is 14.0. The number of hydrogen-bond donors (Lipinski definition) is 1. The third-order valence-corrected chi connectivity index (χ3v) is 4.83. The molecule has 1 saturated heterocycles. The number of morpholine rings is 1. The first-order valence-electron chi connectivity index (χ1n) is 9.75. The van der Waals surface area contributed by atoms with Crippen LogP contribution in [-0.2, 0) is 9.53 Å². The van der Waals surface area contributed by atoms with Gasteiger partial charge in [0, 0.05) is 18.5 Å². The van der Waals surface area contributed by atoms with Crippen LogP contribution in [0.1, 0.15) is 5.56 Å². The van der Waals surface area contributed by atoms with Crippen molar-refractivity contribution < 1.29 is 18.7 Å². The molecule has 0 unspecified atom stereocenters. The van der Waals surface area contributed by atoms with Crippen molar-refractivity contribution in [3.05, 3.63) is 72.0 Å². The van der Waals surface area contributed by atoms with Crippen molar-refractivity contribution in [2.75, 3.05) is 37.8 Å². The van der Waals surface area contributed by atoms with E-state index in [9.17, 15) is 9.18 Å². The predicted molar refractivity (Wildman–Crippen MR) is 115 cm³/mol. The molecular weight excluding hydrogens is 385 g/mol. The van der Waals surface area contributed by atoms with Gasteiger partial charge in [0.05, 0.1) is 25.1 Å². The number of nitrogens with one attached hydrogen (secondary N) is 1. The smallest absolute Gasteiger partial charge is 0.277 e. The Kier molecular flexibility index (Phi) is 6.20. The fraction of sp³-hybridized carbons (Fsp3) is 0.217. The molecule has 0 aromatic heterocycles. The van der Waals surface area contributed by atoms with Crippen molar-refractivity contribution >= 4 is 28.6 Å². The lowest BCUT2D eigenvalue weighted by molar-refractivity contribution is -0.123. The first kappa shape index (κ1) is 19.8. The molecule has 0 bridgehead atoms. The maximum Gasteiger partial charge on any atom is 0.277 e. The van der Waals surface area contributed by atoms with Crippen LogP contribution in [0.25, 0.3) is 10.8 Å². The maximum atomic E-state index is 14.4. The van der Waals surface area contributed by atoms with E-state index in [0.717, 1.165) is 10.8 Å². The molecule has 1 fully saturated rings. The lowest BCUT2D eigenvalue weighted by Crippen LogP contribution is -2.36. The Bertz CT molecular complexity index is 1060. The number of anilines is 1. The number of ether oxygens (including phenoxy) is 2. The van der Waals surface area contributed by atoms with Gasteiger partial charge in [-0.25, -0.2) is 9.82 Å². The predicted octanol–water partition coefficient (Wildman–Crippen LogP) is 3.34. The Morgan fingerprint density at radius 3 is 2.77 bits per heavy atom. The molecule has 3 aromatic carbocycles. The Labute approximate surface area is 173 Å². The van der Waals surface area contributed by atoms with Crippen molar-refractivity contribution in [2.24, 2.45) is 5.10 Å². The molecular formula is C23H22FN3O3. The summed E-state index contributed by atoms with van der Waals surface area (Å²) in [6.45, 7) is 2.34. The van der Waals surface area contributed by atoms with Gasteiger partial charge in [-0.05, 0) is 29.1 Å². The van der Waals surface area contributed by atoms with Gasteiger partial charge in [0.25, 0.3) is 5.91 Å². The number of hydrogen-bond acceptors (Lipinski definition) is 5. The summed E-state index contributed by atoms with van der Waals surface area (Å²) in [5.41, 5.74) is 3.50. The summed E-state index contributed by atoms with van der Waals surface area (Å²) in [5.74, 6) is -0.0935. The van der Waals surface area contributed by atoms with E-state index < -0.39 is 5.91 Å². The number of rotatable bonds is 6. The summed E-state index contributed by atoms with van der Waals surface area (Å²) < 4.78 is 25.3. The number of benzene rings is 3. The third-order valence-electron chi connectivity index (χ3n) is 4.83. The van der Waals surface area contributed by atoms with Gasteiger partial charge in [-0.1, -0.05) is 42.5 Å². The normalized spacial score (nSPS) is 14.2. The zero-order valence-electron chi connectivity index (χ0n) is 16.4. The molecule has 1 amide bonds. The Hall–Kier alpha value is -3.45. The molecule has 4 rings (SSSR count). The molecule has 1 aliphatic rings. The van der Waals surface area contributed by atoms with Crippen molar-refractivity contribution in [1.82, 2.24) is 5.43 Å². The van der Waals surface area contributed by atoms with Crippen molar-refractivity contribution in [2.45, 2.75) is 0 Å². The minimum atomic E-state index is -0.399. The molecule has 0 spiro atoms. The molecule has 0 saturated carbocycles. The molecule has 1 N–H and O–H groups in total. The quantitative estimate of drug-likeness (QED) is 0.503. The number of halogens is 1. The zero-order chi connectivity index (χ0) is 20.8. The van der Waals surface area contributed by atoms with E-state index in [-0.39, 0.29) is 12.4 Å². The van der Waals surface area contributed by atoms with Gasteiger partial charge in [0.2, 0.25) is 0 Å². The second kappa shape index (κ2) is 9.37. The van der Waals surface area contributed by atoms with E-state index in [0.29, 0.717) is 43.3 Å². The second-order valence-electron chi connectivity index (χ2n) is 6.87. The molecule has 1 heterocycles. The number of carbonyl (C=O) groups excluding carboxylic acids is 1. The average Bonchev–Trinajstić information content (AvgIpc) is 2.78. The van der Waals surface area contributed by atoms with Crippen molar-refractivity contribution in [3.63, 3.8) is 0 Å². The standard InChI is InChI=1S/C23H22FN3O3/c24-20-14-17(8-9-21(20)27-10-12-29-13-11-27)15-25-26-23(28)16-30-22-7-3-5-18-4-1-2-6-19(18)22/h1-9,14-15H,10-13,16H2,(H,26,28)/b25-15+. The Balaban J connectivity index is 1.31. The molecule has 7 heteroatoms. The molecule has 0 atom stereocenters. The van der Waals surface area contributed by atoms with Crippen LogP contribution in [0.2, 0.25) is 0 Å².